The molecule has 144 valence electrons. The number of aromatic nitrogens is 2. The molecule has 1 atom stereocenters. The number of amides is 2. The minimum Gasteiger partial charge on any atom is -0.481 e. The smallest absolute Gasteiger partial charge is 0.317 e. The van der Waals surface area contributed by atoms with E-state index in [1.54, 1.807) is 11.2 Å². The van der Waals surface area contributed by atoms with Crippen LogP contribution in [-0.2, 0) is 11.3 Å². The molecule has 1 aliphatic heterocycles. The van der Waals surface area contributed by atoms with Gasteiger partial charge < -0.3 is 15.3 Å². The molecule has 0 aliphatic carbocycles. The molecular weight excluding hydrogens is 356 g/mol. The summed E-state index contributed by atoms with van der Waals surface area (Å²) in [6, 6.07) is 15.7. The molecule has 28 heavy (non-hydrogen) atoms. The van der Waals surface area contributed by atoms with Crippen molar-refractivity contribution in [3.63, 3.8) is 0 Å². The van der Waals surface area contributed by atoms with Crippen LogP contribution in [0.3, 0.4) is 0 Å². The number of carbonyl (C=O) groups is 2. The van der Waals surface area contributed by atoms with E-state index in [4.69, 9.17) is 5.11 Å². The van der Waals surface area contributed by atoms with Gasteiger partial charge >= 0.3 is 12.0 Å². The first kappa shape index (κ1) is 18.0. The van der Waals surface area contributed by atoms with Crippen LogP contribution in [0.15, 0.2) is 54.9 Å². The van der Waals surface area contributed by atoms with E-state index >= 15 is 0 Å². The number of carboxylic acids is 1. The van der Waals surface area contributed by atoms with Crippen molar-refractivity contribution in [3.05, 3.63) is 60.4 Å². The van der Waals surface area contributed by atoms with Crippen LogP contribution >= 0.6 is 0 Å². The normalized spacial score (nSPS) is 16.9. The number of fused-ring (bicyclic) bond motifs is 1. The Bertz CT molecular complexity index is 996. The number of aliphatic carboxylic acids is 1. The summed E-state index contributed by atoms with van der Waals surface area (Å²) in [5.41, 5.74) is 3.97. The first-order chi connectivity index (χ1) is 13.6. The largest absolute Gasteiger partial charge is 0.481 e. The maximum absolute atomic E-state index is 12.3. The van der Waals surface area contributed by atoms with Crippen molar-refractivity contribution in [2.24, 2.45) is 5.92 Å². The Labute approximate surface area is 162 Å². The SMILES string of the molecule is O=C(O)[C@H]1CCCN(C(=O)NCc2ccc(-n3cnc4ccccc43)cc2)C1. The van der Waals surface area contributed by atoms with E-state index in [0.29, 0.717) is 19.5 Å². The topological polar surface area (TPSA) is 87.5 Å². The maximum Gasteiger partial charge on any atom is 0.317 e. The second-order valence-corrected chi connectivity index (χ2v) is 7.05. The fourth-order valence-corrected chi connectivity index (χ4v) is 3.59. The highest BCUT2D eigenvalue weighted by Crippen LogP contribution is 2.19. The number of piperidine rings is 1. The van der Waals surface area contributed by atoms with E-state index in [1.807, 2.05) is 53.1 Å². The van der Waals surface area contributed by atoms with E-state index in [-0.39, 0.29) is 12.6 Å². The molecule has 2 heterocycles. The van der Waals surface area contributed by atoms with Crippen molar-refractivity contribution in [1.29, 1.82) is 0 Å². The van der Waals surface area contributed by atoms with Gasteiger partial charge in [0, 0.05) is 25.3 Å². The second-order valence-electron chi connectivity index (χ2n) is 7.05. The third kappa shape index (κ3) is 3.69. The Morgan fingerprint density at radius 1 is 1.14 bits per heavy atom. The average molecular weight is 378 g/mol. The Morgan fingerprint density at radius 2 is 1.93 bits per heavy atom. The third-order valence-electron chi connectivity index (χ3n) is 5.17. The van der Waals surface area contributed by atoms with Gasteiger partial charge in [-0.15, -0.1) is 0 Å². The number of carbonyl (C=O) groups excluding carboxylic acids is 1. The van der Waals surface area contributed by atoms with Gasteiger partial charge in [-0.05, 0) is 42.7 Å². The maximum atomic E-state index is 12.3. The molecule has 1 saturated heterocycles. The van der Waals surface area contributed by atoms with Gasteiger partial charge in [0.05, 0.1) is 17.0 Å². The highest BCUT2D eigenvalue weighted by molar-refractivity contribution is 5.77. The molecule has 7 heteroatoms. The van der Waals surface area contributed by atoms with Gasteiger partial charge in [-0.25, -0.2) is 9.78 Å². The van der Waals surface area contributed by atoms with Crippen LogP contribution in [-0.4, -0.2) is 44.6 Å². The van der Waals surface area contributed by atoms with Crippen molar-refractivity contribution in [2.45, 2.75) is 19.4 Å². The van der Waals surface area contributed by atoms with Gasteiger partial charge in [0.1, 0.15) is 6.33 Å². The lowest BCUT2D eigenvalue weighted by atomic mass is 9.99. The highest BCUT2D eigenvalue weighted by Gasteiger charge is 2.27. The van der Waals surface area contributed by atoms with Crippen LogP contribution < -0.4 is 5.32 Å². The van der Waals surface area contributed by atoms with Crippen molar-refractivity contribution >= 4 is 23.0 Å². The van der Waals surface area contributed by atoms with Crippen molar-refractivity contribution in [2.75, 3.05) is 13.1 Å². The summed E-state index contributed by atoms with van der Waals surface area (Å²) in [6.07, 6.45) is 3.15. The minimum atomic E-state index is -0.833. The first-order valence-electron chi connectivity index (χ1n) is 9.39. The summed E-state index contributed by atoms with van der Waals surface area (Å²) < 4.78 is 2.03. The predicted octanol–water partition coefficient (Wildman–Crippen LogP) is 3.03. The third-order valence-corrected chi connectivity index (χ3v) is 5.17. The predicted molar refractivity (Wildman–Crippen MR) is 105 cm³/mol. The molecular formula is C21H22N4O3. The number of nitrogens with one attached hydrogen (secondary N) is 1. The molecule has 0 spiro atoms. The number of para-hydroxylation sites is 2. The molecule has 1 fully saturated rings. The summed E-state index contributed by atoms with van der Waals surface area (Å²) in [6.45, 7) is 1.27. The molecule has 3 aromatic rings. The fourth-order valence-electron chi connectivity index (χ4n) is 3.59. The van der Waals surface area contributed by atoms with E-state index in [2.05, 4.69) is 10.3 Å². The first-order valence-corrected chi connectivity index (χ1v) is 9.39. The molecule has 2 N–H and O–H groups in total. The van der Waals surface area contributed by atoms with Crippen LogP contribution in [0, 0.1) is 5.92 Å². The zero-order chi connectivity index (χ0) is 19.5. The molecule has 2 aromatic carbocycles. The van der Waals surface area contributed by atoms with Crippen LogP contribution in [0.4, 0.5) is 4.79 Å². The Morgan fingerprint density at radius 3 is 2.71 bits per heavy atom. The number of benzene rings is 2. The summed E-state index contributed by atoms with van der Waals surface area (Å²) in [5.74, 6) is -1.30. The van der Waals surface area contributed by atoms with Crippen molar-refractivity contribution < 1.29 is 14.7 Å². The molecule has 2 amide bonds. The zero-order valence-electron chi connectivity index (χ0n) is 15.4. The van der Waals surface area contributed by atoms with E-state index < -0.39 is 11.9 Å². The van der Waals surface area contributed by atoms with Crippen LogP contribution in [0.5, 0.6) is 0 Å². The molecule has 0 radical (unpaired) electrons. The molecule has 4 rings (SSSR count). The van der Waals surface area contributed by atoms with Gasteiger partial charge in [-0.2, -0.15) is 0 Å². The lowest BCUT2D eigenvalue weighted by molar-refractivity contribution is -0.143. The van der Waals surface area contributed by atoms with E-state index in [0.717, 1.165) is 28.7 Å². The summed E-state index contributed by atoms with van der Waals surface area (Å²) in [4.78, 5) is 29.5. The molecule has 7 nitrogen and oxygen atoms in total. The lowest BCUT2D eigenvalue weighted by Crippen LogP contribution is -2.46. The molecule has 0 saturated carbocycles. The summed E-state index contributed by atoms with van der Waals surface area (Å²) >= 11 is 0. The molecule has 0 unspecified atom stereocenters. The van der Waals surface area contributed by atoms with Crippen molar-refractivity contribution in [3.8, 4) is 5.69 Å². The number of urea groups is 1. The number of hydrogen-bond donors (Lipinski definition) is 2. The van der Waals surface area contributed by atoms with Gasteiger partial charge in [-0.3, -0.25) is 9.36 Å². The summed E-state index contributed by atoms with van der Waals surface area (Å²) in [7, 11) is 0. The van der Waals surface area contributed by atoms with E-state index in [9.17, 15) is 9.59 Å². The number of likely N-dealkylation sites (tertiary alicyclic amines) is 1. The Balaban J connectivity index is 1.38. The lowest BCUT2D eigenvalue weighted by Gasteiger charge is -2.30. The standard InChI is InChI=1S/C21H22N4O3/c26-20(27)16-4-3-11-24(13-16)21(28)22-12-15-7-9-17(10-8-15)25-14-23-18-5-1-2-6-19(18)25/h1-2,5-10,14,16H,3-4,11-13H2,(H,22,28)(H,26,27)/t16-/m0/s1. The zero-order valence-corrected chi connectivity index (χ0v) is 15.4. The second kappa shape index (κ2) is 7.72. The highest BCUT2D eigenvalue weighted by atomic mass is 16.4. The summed E-state index contributed by atoms with van der Waals surface area (Å²) in [5, 5.41) is 12.0. The minimum absolute atomic E-state index is 0.212. The van der Waals surface area contributed by atoms with Crippen LogP contribution in [0.25, 0.3) is 16.7 Å². The number of imidazole rings is 1. The monoisotopic (exact) mass is 378 g/mol. The van der Waals surface area contributed by atoms with Crippen molar-refractivity contribution in [1.82, 2.24) is 19.8 Å². The Kier molecular flexibility index (Phi) is 4.97. The molecule has 0 bridgehead atoms. The number of rotatable bonds is 4. The van der Waals surface area contributed by atoms with Crippen LogP contribution in [0.2, 0.25) is 0 Å². The number of carboxylic acid groups (broad SMARTS) is 1. The van der Waals surface area contributed by atoms with Gasteiger partial charge in [0.2, 0.25) is 0 Å². The molecule has 1 aliphatic rings. The fraction of sp³-hybridized carbons (Fsp3) is 0.286. The number of hydrogen-bond acceptors (Lipinski definition) is 3. The van der Waals surface area contributed by atoms with Gasteiger partial charge in [0.15, 0.2) is 0 Å². The molecule has 1 aromatic heterocycles. The van der Waals surface area contributed by atoms with Gasteiger partial charge in [0.25, 0.3) is 0 Å². The number of nitrogens with zero attached hydrogens (tertiary/aromatic N) is 3. The van der Waals surface area contributed by atoms with Gasteiger partial charge in [-0.1, -0.05) is 24.3 Å². The van der Waals surface area contributed by atoms with E-state index in [1.165, 1.54) is 0 Å². The quantitative estimate of drug-likeness (QED) is 0.730. The average Bonchev–Trinajstić information content (AvgIpc) is 3.16. The Hall–Kier alpha value is -3.35. The van der Waals surface area contributed by atoms with Crippen LogP contribution in [0.1, 0.15) is 18.4 Å².